The first kappa shape index (κ1) is 20.1. The zero-order valence-electron chi connectivity index (χ0n) is 14.9. The SMILES string of the molecule is Cc1ccc(S(=O)(=O)N[C@@H](C(=O)OC(C)C)[C@H](O)c2ccccc2)cc1. The van der Waals surface area contributed by atoms with E-state index in [9.17, 15) is 18.3 Å². The van der Waals surface area contributed by atoms with E-state index < -0.39 is 34.2 Å². The summed E-state index contributed by atoms with van der Waals surface area (Å²) in [6.07, 6.45) is -1.83. The summed E-state index contributed by atoms with van der Waals surface area (Å²) in [5, 5.41) is 10.6. The molecule has 2 N–H and O–H groups in total. The Balaban J connectivity index is 2.34. The molecule has 2 atom stereocenters. The van der Waals surface area contributed by atoms with Crippen molar-refractivity contribution in [2.45, 2.75) is 43.9 Å². The van der Waals surface area contributed by atoms with E-state index in [1.54, 1.807) is 56.3 Å². The summed E-state index contributed by atoms with van der Waals surface area (Å²) >= 11 is 0. The Morgan fingerprint density at radius 2 is 1.62 bits per heavy atom. The molecular formula is C19H23NO5S. The van der Waals surface area contributed by atoms with Crippen molar-refractivity contribution in [3.63, 3.8) is 0 Å². The number of hydrogen-bond acceptors (Lipinski definition) is 5. The van der Waals surface area contributed by atoms with E-state index in [0.717, 1.165) is 5.56 Å². The molecule has 0 aliphatic rings. The monoisotopic (exact) mass is 377 g/mol. The summed E-state index contributed by atoms with van der Waals surface area (Å²) in [5.74, 6) is -0.841. The maximum atomic E-state index is 12.6. The molecule has 0 unspecified atom stereocenters. The minimum atomic E-state index is -4.02. The molecule has 26 heavy (non-hydrogen) atoms. The van der Waals surface area contributed by atoms with E-state index in [1.165, 1.54) is 12.1 Å². The molecule has 2 aromatic carbocycles. The second-order valence-electron chi connectivity index (χ2n) is 6.25. The zero-order valence-corrected chi connectivity index (χ0v) is 15.7. The molecule has 0 radical (unpaired) electrons. The van der Waals surface area contributed by atoms with Crippen LogP contribution in [0.15, 0.2) is 59.5 Å². The number of benzene rings is 2. The lowest BCUT2D eigenvalue weighted by atomic mass is 10.0. The third-order valence-corrected chi connectivity index (χ3v) is 5.13. The largest absolute Gasteiger partial charge is 0.462 e. The standard InChI is InChI=1S/C19H23NO5S/c1-13(2)25-19(22)17(18(21)15-7-5-4-6-8-15)20-26(23,24)16-11-9-14(3)10-12-16/h4-13,17-18,20-21H,1-3H3/t17-,18-/m1/s1. The Morgan fingerprint density at radius 1 is 1.04 bits per heavy atom. The topological polar surface area (TPSA) is 92.7 Å². The number of aliphatic hydroxyl groups is 1. The first-order valence-corrected chi connectivity index (χ1v) is 9.71. The number of ether oxygens (including phenoxy) is 1. The summed E-state index contributed by atoms with van der Waals surface area (Å²) in [5.41, 5.74) is 1.31. The van der Waals surface area contributed by atoms with Crippen molar-refractivity contribution in [3.05, 3.63) is 65.7 Å². The number of esters is 1. The fraction of sp³-hybridized carbons (Fsp3) is 0.316. The van der Waals surface area contributed by atoms with E-state index in [-0.39, 0.29) is 4.90 Å². The fourth-order valence-electron chi connectivity index (χ4n) is 2.34. The molecular weight excluding hydrogens is 354 g/mol. The zero-order chi connectivity index (χ0) is 19.3. The van der Waals surface area contributed by atoms with E-state index in [0.29, 0.717) is 5.56 Å². The van der Waals surface area contributed by atoms with Crippen molar-refractivity contribution in [2.24, 2.45) is 0 Å². The van der Waals surface area contributed by atoms with Gasteiger partial charge in [-0.2, -0.15) is 4.72 Å². The molecule has 0 saturated carbocycles. The van der Waals surface area contributed by atoms with Crippen LogP contribution < -0.4 is 4.72 Å². The van der Waals surface area contributed by atoms with Crippen LogP contribution in [0.1, 0.15) is 31.1 Å². The van der Waals surface area contributed by atoms with Gasteiger partial charge in [-0.25, -0.2) is 8.42 Å². The molecule has 0 aliphatic heterocycles. The molecule has 0 bridgehead atoms. The fourth-order valence-corrected chi connectivity index (χ4v) is 3.53. The Labute approximate surface area is 153 Å². The number of hydrogen-bond donors (Lipinski definition) is 2. The number of aliphatic hydroxyl groups excluding tert-OH is 1. The van der Waals surface area contributed by atoms with Gasteiger partial charge in [0.25, 0.3) is 0 Å². The lowest BCUT2D eigenvalue weighted by Crippen LogP contribution is -2.46. The Morgan fingerprint density at radius 3 is 2.15 bits per heavy atom. The Hall–Kier alpha value is -2.22. The van der Waals surface area contributed by atoms with Crippen molar-refractivity contribution in [1.82, 2.24) is 4.72 Å². The third kappa shape index (κ3) is 5.14. The maximum absolute atomic E-state index is 12.6. The summed E-state index contributed by atoms with van der Waals surface area (Å²) in [4.78, 5) is 12.4. The average molecular weight is 377 g/mol. The molecule has 2 rings (SSSR count). The van der Waals surface area contributed by atoms with Crippen molar-refractivity contribution in [2.75, 3.05) is 0 Å². The number of nitrogens with one attached hydrogen (secondary N) is 1. The maximum Gasteiger partial charge on any atom is 0.327 e. The summed E-state index contributed by atoms with van der Waals surface area (Å²) in [6, 6.07) is 13.1. The van der Waals surface area contributed by atoms with Crippen LogP contribution in [0.5, 0.6) is 0 Å². The number of carbonyl (C=O) groups excluding carboxylic acids is 1. The second kappa shape index (κ2) is 8.44. The van der Waals surface area contributed by atoms with Crippen molar-refractivity contribution in [1.29, 1.82) is 0 Å². The molecule has 0 amide bonds. The van der Waals surface area contributed by atoms with E-state index >= 15 is 0 Å². The van der Waals surface area contributed by atoms with Gasteiger partial charge in [0, 0.05) is 0 Å². The minimum Gasteiger partial charge on any atom is -0.462 e. The molecule has 0 aromatic heterocycles. The molecule has 6 nitrogen and oxygen atoms in total. The highest BCUT2D eigenvalue weighted by Crippen LogP contribution is 2.20. The number of aryl methyl sites for hydroxylation is 1. The third-order valence-electron chi connectivity index (χ3n) is 3.68. The highest BCUT2D eigenvalue weighted by atomic mass is 32.2. The predicted octanol–water partition coefficient (Wildman–Crippen LogP) is 2.33. The summed E-state index contributed by atoms with van der Waals surface area (Å²) in [7, 11) is -4.02. The van der Waals surface area contributed by atoms with Crippen LogP contribution in [0.3, 0.4) is 0 Å². The van der Waals surface area contributed by atoms with Crippen molar-refractivity contribution >= 4 is 16.0 Å². The lowest BCUT2D eigenvalue weighted by molar-refractivity contribution is -0.152. The first-order chi connectivity index (χ1) is 12.2. The quantitative estimate of drug-likeness (QED) is 0.723. The van der Waals surface area contributed by atoms with Gasteiger partial charge in [0.05, 0.1) is 11.0 Å². The lowest BCUT2D eigenvalue weighted by Gasteiger charge is -2.24. The first-order valence-electron chi connectivity index (χ1n) is 8.23. The minimum absolute atomic E-state index is 0.00529. The molecule has 0 spiro atoms. The number of rotatable bonds is 7. The van der Waals surface area contributed by atoms with Crippen molar-refractivity contribution in [3.8, 4) is 0 Å². The highest BCUT2D eigenvalue weighted by Gasteiger charge is 2.34. The molecule has 0 saturated heterocycles. The van der Waals surface area contributed by atoms with Gasteiger partial charge in [-0.1, -0.05) is 48.0 Å². The molecule has 0 heterocycles. The average Bonchev–Trinajstić information content (AvgIpc) is 2.59. The van der Waals surface area contributed by atoms with Crippen LogP contribution in [0.4, 0.5) is 0 Å². The van der Waals surface area contributed by atoms with Gasteiger partial charge < -0.3 is 9.84 Å². The molecule has 0 fully saturated rings. The molecule has 7 heteroatoms. The summed E-state index contributed by atoms with van der Waals surface area (Å²) in [6.45, 7) is 5.14. The molecule has 0 aliphatic carbocycles. The number of sulfonamides is 1. The van der Waals surface area contributed by atoms with Gasteiger partial charge in [-0.15, -0.1) is 0 Å². The van der Waals surface area contributed by atoms with Gasteiger partial charge in [-0.3, -0.25) is 4.79 Å². The van der Waals surface area contributed by atoms with E-state index in [4.69, 9.17) is 4.74 Å². The van der Waals surface area contributed by atoms with Crippen LogP contribution in [-0.2, 0) is 19.6 Å². The van der Waals surface area contributed by atoms with Crippen LogP contribution in [-0.4, -0.2) is 31.6 Å². The van der Waals surface area contributed by atoms with Crippen LogP contribution in [0, 0.1) is 6.92 Å². The van der Waals surface area contributed by atoms with Gasteiger partial charge in [-0.05, 0) is 38.5 Å². The molecule has 2 aromatic rings. The highest BCUT2D eigenvalue weighted by molar-refractivity contribution is 7.89. The van der Waals surface area contributed by atoms with E-state index in [1.807, 2.05) is 6.92 Å². The Bertz CT molecular complexity index is 832. The van der Waals surface area contributed by atoms with Gasteiger partial charge >= 0.3 is 5.97 Å². The van der Waals surface area contributed by atoms with Gasteiger partial charge in [0.1, 0.15) is 12.1 Å². The van der Waals surface area contributed by atoms with Crippen LogP contribution in [0.25, 0.3) is 0 Å². The predicted molar refractivity (Wildman–Crippen MR) is 97.9 cm³/mol. The van der Waals surface area contributed by atoms with E-state index in [2.05, 4.69) is 4.72 Å². The van der Waals surface area contributed by atoms with Crippen molar-refractivity contribution < 1.29 is 23.1 Å². The normalized spacial score (nSPS) is 14.0. The number of carbonyl (C=O) groups is 1. The Kier molecular flexibility index (Phi) is 6.52. The van der Waals surface area contributed by atoms with Gasteiger partial charge in [0.15, 0.2) is 0 Å². The smallest absolute Gasteiger partial charge is 0.327 e. The second-order valence-corrected chi connectivity index (χ2v) is 7.97. The summed E-state index contributed by atoms with van der Waals surface area (Å²) < 4.78 is 32.7. The van der Waals surface area contributed by atoms with Gasteiger partial charge in [0.2, 0.25) is 10.0 Å². The van der Waals surface area contributed by atoms with Crippen LogP contribution >= 0.6 is 0 Å². The van der Waals surface area contributed by atoms with Crippen LogP contribution in [0.2, 0.25) is 0 Å². The molecule has 140 valence electrons.